The molecule has 0 saturated heterocycles. The number of hydrogen-bond donors (Lipinski definition) is 0. The molecule has 0 N–H and O–H groups in total. The Morgan fingerprint density at radius 2 is 2.20 bits per heavy atom. The molecule has 0 saturated carbocycles. The SMILES string of the molecule is [CH2]C(CF)c1cc(CC)cc([N+](=O)[O-])c1. The standard InChI is InChI=1S/C11H13FNO2/c1-3-9-4-10(8(2)7-12)6-11(5-9)13(14)15/h4-6,8H,2-3,7H2,1H3. The Labute approximate surface area is 88.1 Å². The minimum Gasteiger partial charge on any atom is -0.258 e. The summed E-state index contributed by atoms with van der Waals surface area (Å²) in [4.78, 5) is 10.2. The molecule has 0 aliphatic carbocycles. The molecule has 0 bridgehead atoms. The van der Waals surface area contributed by atoms with Gasteiger partial charge in [0.2, 0.25) is 0 Å². The average molecular weight is 210 g/mol. The van der Waals surface area contributed by atoms with Gasteiger partial charge in [-0.2, -0.15) is 0 Å². The maximum atomic E-state index is 12.4. The lowest BCUT2D eigenvalue weighted by molar-refractivity contribution is -0.385. The number of nitro groups is 1. The van der Waals surface area contributed by atoms with E-state index in [9.17, 15) is 14.5 Å². The van der Waals surface area contributed by atoms with Crippen LogP contribution in [0.25, 0.3) is 0 Å². The predicted molar refractivity (Wildman–Crippen MR) is 56.5 cm³/mol. The maximum Gasteiger partial charge on any atom is 0.269 e. The number of hydrogen-bond acceptors (Lipinski definition) is 2. The van der Waals surface area contributed by atoms with Crippen molar-refractivity contribution in [2.24, 2.45) is 0 Å². The second kappa shape index (κ2) is 4.87. The van der Waals surface area contributed by atoms with Gasteiger partial charge >= 0.3 is 0 Å². The molecular formula is C11H13FNO2. The van der Waals surface area contributed by atoms with Crippen LogP contribution in [0.1, 0.15) is 24.0 Å². The van der Waals surface area contributed by atoms with E-state index in [1.54, 1.807) is 6.07 Å². The lowest BCUT2D eigenvalue weighted by Gasteiger charge is -2.08. The molecule has 1 radical (unpaired) electrons. The highest BCUT2D eigenvalue weighted by Gasteiger charge is 2.13. The van der Waals surface area contributed by atoms with Crippen LogP contribution in [0.3, 0.4) is 0 Å². The Balaban J connectivity index is 3.16. The molecule has 81 valence electrons. The van der Waals surface area contributed by atoms with Crippen molar-refractivity contribution in [3.05, 3.63) is 46.4 Å². The molecule has 1 rings (SSSR count). The van der Waals surface area contributed by atoms with Gasteiger partial charge in [-0.15, -0.1) is 0 Å². The first kappa shape index (κ1) is 11.6. The van der Waals surface area contributed by atoms with Gasteiger partial charge in [0.05, 0.1) is 11.6 Å². The van der Waals surface area contributed by atoms with Crippen LogP contribution in [0.2, 0.25) is 0 Å². The Kier molecular flexibility index (Phi) is 3.77. The fourth-order valence-corrected chi connectivity index (χ4v) is 1.33. The third kappa shape index (κ3) is 2.75. The normalized spacial score (nSPS) is 12.5. The van der Waals surface area contributed by atoms with Crippen molar-refractivity contribution in [3.8, 4) is 0 Å². The number of benzene rings is 1. The van der Waals surface area contributed by atoms with Crippen LogP contribution >= 0.6 is 0 Å². The van der Waals surface area contributed by atoms with Crippen LogP contribution < -0.4 is 0 Å². The van der Waals surface area contributed by atoms with E-state index in [-0.39, 0.29) is 5.69 Å². The Bertz CT molecular complexity index is 366. The zero-order valence-corrected chi connectivity index (χ0v) is 8.57. The van der Waals surface area contributed by atoms with Crippen LogP contribution in [-0.4, -0.2) is 11.6 Å². The highest BCUT2D eigenvalue weighted by atomic mass is 19.1. The van der Waals surface area contributed by atoms with Crippen molar-refractivity contribution in [1.29, 1.82) is 0 Å². The number of rotatable bonds is 4. The highest BCUT2D eigenvalue weighted by molar-refractivity contribution is 5.41. The van der Waals surface area contributed by atoms with Crippen LogP contribution in [0.4, 0.5) is 10.1 Å². The van der Waals surface area contributed by atoms with Crippen molar-refractivity contribution in [1.82, 2.24) is 0 Å². The number of aryl methyl sites for hydroxylation is 1. The van der Waals surface area contributed by atoms with E-state index in [1.807, 2.05) is 6.92 Å². The number of nitrogens with zero attached hydrogens (tertiary/aromatic N) is 1. The number of non-ortho nitro benzene ring substituents is 1. The second-order valence-electron chi connectivity index (χ2n) is 3.39. The molecule has 1 unspecified atom stereocenters. The first-order chi connectivity index (χ1) is 7.08. The van der Waals surface area contributed by atoms with Crippen molar-refractivity contribution in [2.45, 2.75) is 19.3 Å². The van der Waals surface area contributed by atoms with Crippen LogP contribution in [0.15, 0.2) is 18.2 Å². The van der Waals surface area contributed by atoms with Gasteiger partial charge in [0.1, 0.15) is 0 Å². The van der Waals surface area contributed by atoms with Crippen molar-refractivity contribution in [2.75, 3.05) is 6.67 Å². The van der Waals surface area contributed by atoms with E-state index in [1.165, 1.54) is 12.1 Å². The molecule has 0 aromatic heterocycles. The molecule has 3 nitrogen and oxygen atoms in total. The Morgan fingerprint density at radius 1 is 1.53 bits per heavy atom. The van der Waals surface area contributed by atoms with Crippen LogP contribution in [0, 0.1) is 17.0 Å². The van der Waals surface area contributed by atoms with Crippen molar-refractivity contribution < 1.29 is 9.31 Å². The molecule has 0 fully saturated rings. The van der Waals surface area contributed by atoms with E-state index in [0.29, 0.717) is 12.0 Å². The van der Waals surface area contributed by atoms with E-state index in [4.69, 9.17) is 0 Å². The zero-order chi connectivity index (χ0) is 11.4. The summed E-state index contributed by atoms with van der Waals surface area (Å²) in [5.41, 5.74) is 1.43. The molecule has 0 amide bonds. The van der Waals surface area contributed by atoms with Crippen molar-refractivity contribution >= 4 is 5.69 Å². The smallest absolute Gasteiger partial charge is 0.258 e. The summed E-state index contributed by atoms with van der Waals surface area (Å²) < 4.78 is 12.4. The van der Waals surface area contributed by atoms with Crippen molar-refractivity contribution in [3.63, 3.8) is 0 Å². The van der Waals surface area contributed by atoms with Gasteiger partial charge in [0.15, 0.2) is 0 Å². The van der Waals surface area contributed by atoms with E-state index in [2.05, 4.69) is 6.92 Å². The first-order valence-corrected chi connectivity index (χ1v) is 4.75. The van der Waals surface area contributed by atoms with Gasteiger partial charge in [-0.05, 0) is 24.5 Å². The van der Waals surface area contributed by atoms with Gasteiger partial charge in [0, 0.05) is 18.1 Å². The summed E-state index contributed by atoms with van der Waals surface area (Å²) in [5, 5.41) is 10.6. The number of halogens is 1. The van der Waals surface area contributed by atoms with Crippen LogP contribution in [0.5, 0.6) is 0 Å². The van der Waals surface area contributed by atoms with E-state index in [0.717, 1.165) is 5.56 Å². The molecule has 1 atom stereocenters. The first-order valence-electron chi connectivity index (χ1n) is 4.75. The number of nitro benzene ring substituents is 1. The average Bonchev–Trinajstić information content (AvgIpc) is 2.27. The molecule has 4 heteroatoms. The molecule has 15 heavy (non-hydrogen) atoms. The fourth-order valence-electron chi connectivity index (χ4n) is 1.33. The van der Waals surface area contributed by atoms with Gasteiger partial charge in [-0.3, -0.25) is 14.5 Å². The highest BCUT2D eigenvalue weighted by Crippen LogP contribution is 2.23. The third-order valence-corrected chi connectivity index (χ3v) is 2.28. The Morgan fingerprint density at radius 3 is 2.67 bits per heavy atom. The molecular weight excluding hydrogens is 197 g/mol. The lowest BCUT2D eigenvalue weighted by Crippen LogP contribution is -1.99. The summed E-state index contributed by atoms with van der Waals surface area (Å²) in [6, 6.07) is 4.66. The van der Waals surface area contributed by atoms with Crippen LogP contribution in [-0.2, 0) is 6.42 Å². The van der Waals surface area contributed by atoms with Gasteiger partial charge in [-0.25, -0.2) is 0 Å². The summed E-state index contributed by atoms with van der Waals surface area (Å²) in [6.07, 6.45) is 0.688. The second-order valence-corrected chi connectivity index (χ2v) is 3.39. The summed E-state index contributed by atoms with van der Waals surface area (Å²) in [7, 11) is 0. The van der Waals surface area contributed by atoms with Gasteiger partial charge < -0.3 is 0 Å². The monoisotopic (exact) mass is 210 g/mol. The van der Waals surface area contributed by atoms with Gasteiger partial charge in [-0.1, -0.05) is 13.0 Å². The minimum absolute atomic E-state index is 0.00597. The lowest BCUT2D eigenvalue weighted by atomic mass is 9.98. The molecule has 0 spiro atoms. The fraction of sp³-hybridized carbons (Fsp3) is 0.364. The topological polar surface area (TPSA) is 43.1 Å². The van der Waals surface area contributed by atoms with E-state index >= 15 is 0 Å². The minimum atomic E-state index is -0.607. The largest absolute Gasteiger partial charge is 0.269 e. The zero-order valence-electron chi connectivity index (χ0n) is 8.57. The molecule has 0 aliphatic heterocycles. The molecule has 1 aromatic carbocycles. The number of alkyl halides is 1. The summed E-state index contributed by atoms with van der Waals surface area (Å²) >= 11 is 0. The quantitative estimate of drug-likeness (QED) is 0.566. The third-order valence-electron chi connectivity index (χ3n) is 2.28. The molecule has 1 aromatic rings. The molecule has 0 aliphatic rings. The van der Waals surface area contributed by atoms with E-state index < -0.39 is 17.5 Å². The maximum absolute atomic E-state index is 12.4. The predicted octanol–water partition coefficient (Wildman–Crippen LogP) is 3.04. The summed E-state index contributed by atoms with van der Waals surface area (Å²) in [5.74, 6) is -0.532. The summed E-state index contributed by atoms with van der Waals surface area (Å²) in [6.45, 7) is 4.90. The van der Waals surface area contributed by atoms with Gasteiger partial charge in [0.25, 0.3) is 5.69 Å². The molecule has 0 heterocycles. The Hall–Kier alpha value is -1.45.